The van der Waals surface area contributed by atoms with Gasteiger partial charge in [-0.25, -0.2) is 0 Å². The Morgan fingerprint density at radius 1 is 1.30 bits per heavy atom. The van der Waals surface area contributed by atoms with Gasteiger partial charge in [0, 0.05) is 32.1 Å². The van der Waals surface area contributed by atoms with Crippen molar-refractivity contribution in [1.82, 2.24) is 20.4 Å². The molecule has 2 saturated heterocycles. The van der Waals surface area contributed by atoms with Gasteiger partial charge in [-0.1, -0.05) is 12.8 Å². The monoisotopic (exact) mass is 398 g/mol. The second kappa shape index (κ2) is 9.37. The molecule has 1 amide bonds. The topological polar surface area (TPSA) is 77.4 Å². The standard InChI is InChI=1S/C19H30N4O3.ClH/c24-18(17-7-11-23(22-17)15-6-5-10-20-12-15)21-13-16-14-25-19(26-16)8-3-1-2-4-9-19;/h7,11,15-16,20H,1-6,8-10,12-14H2,(H,21,24);1H. The summed E-state index contributed by atoms with van der Waals surface area (Å²) in [4.78, 5) is 12.4. The lowest BCUT2D eigenvalue weighted by Gasteiger charge is -2.26. The Morgan fingerprint density at radius 2 is 2.11 bits per heavy atom. The Bertz CT molecular complexity index is 610. The van der Waals surface area contributed by atoms with E-state index in [0.717, 1.165) is 51.6 Å². The molecule has 1 saturated carbocycles. The lowest BCUT2D eigenvalue weighted by atomic mass is 10.1. The summed E-state index contributed by atoms with van der Waals surface area (Å²) in [6, 6.07) is 2.13. The first-order valence-corrected chi connectivity index (χ1v) is 10.1. The van der Waals surface area contributed by atoms with Gasteiger partial charge in [0.25, 0.3) is 5.91 Å². The van der Waals surface area contributed by atoms with Crippen molar-refractivity contribution >= 4 is 18.3 Å². The summed E-state index contributed by atoms with van der Waals surface area (Å²) >= 11 is 0. The van der Waals surface area contributed by atoms with Gasteiger partial charge in [-0.3, -0.25) is 9.48 Å². The van der Waals surface area contributed by atoms with Crippen molar-refractivity contribution in [2.24, 2.45) is 0 Å². The van der Waals surface area contributed by atoms with Gasteiger partial charge in [0.1, 0.15) is 11.8 Å². The van der Waals surface area contributed by atoms with Crippen LogP contribution in [0.1, 0.15) is 67.9 Å². The summed E-state index contributed by atoms with van der Waals surface area (Å²) in [7, 11) is 0. The maximum Gasteiger partial charge on any atom is 0.271 e. The lowest BCUT2D eigenvalue weighted by molar-refractivity contribution is -0.175. The number of nitrogens with one attached hydrogen (secondary N) is 2. The van der Waals surface area contributed by atoms with Crippen molar-refractivity contribution in [3.8, 4) is 0 Å². The second-order valence-corrected chi connectivity index (χ2v) is 7.77. The molecule has 3 aliphatic rings. The number of hydrogen-bond acceptors (Lipinski definition) is 5. The van der Waals surface area contributed by atoms with Crippen molar-refractivity contribution in [3.63, 3.8) is 0 Å². The number of rotatable bonds is 4. The minimum absolute atomic E-state index is 0. The molecule has 1 spiro atoms. The summed E-state index contributed by atoms with van der Waals surface area (Å²) in [6.07, 6.45) is 10.9. The number of aromatic nitrogens is 2. The number of halogens is 1. The number of piperidine rings is 1. The summed E-state index contributed by atoms with van der Waals surface area (Å²) in [5, 5.41) is 10.8. The molecule has 152 valence electrons. The van der Waals surface area contributed by atoms with Gasteiger partial charge in [0.05, 0.1) is 12.6 Å². The van der Waals surface area contributed by atoms with E-state index >= 15 is 0 Å². The highest BCUT2D eigenvalue weighted by molar-refractivity contribution is 5.92. The molecular formula is C19H31ClN4O3. The van der Waals surface area contributed by atoms with E-state index in [2.05, 4.69) is 15.7 Å². The zero-order chi connectivity index (χ0) is 17.8. The molecule has 0 radical (unpaired) electrons. The summed E-state index contributed by atoms with van der Waals surface area (Å²) in [5.41, 5.74) is 0.471. The largest absolute Gasteiger partial charge is 0.348 e. The minimum atomic E-state index is -0.401. The minimum Gasteiger partial charge on any atom is -0.348 e. The van der Waals surface area contributed by atoms with Crippen LogP contribution in [0.15, 0.2) is 12.3 Å². The zero-order valence-electron chi connectivity index (χ0n) is 15.8. The van der Waals surface area contributed by atoms with E-state index in [1.54, 1.807) is 6.07 Å². The predicted octanol–water partition coefficient (Wildman–Crippen LogP) is 2.43. The molecule has 0 aromatic carbocycles. The molecule has 0 bridgehead atoms. The molecule has 3 fully saturated rings. The molecule has 2 unspecified atom stereocenters. The SMILES string of the molecule is Cl.O=C(NCC1COC2(CCCCCC2)O1)c1ccn(C2CCCNC2)n1. The van der Waals surface area contributed by atoms with Gasteiger partial charge in [0.15, 0.2) is 5.79 Å². The second-order valence-electron chi connectivity index (χ2n) is 7.77. The van der Waals surface area contributed by atoms with Gasteiger partial charge >= 0.3 is 0 Å². The third-order valence-electron chi connectivity index (χ3n) is 5.76. The summed E-state index contributed by atoms with van der Waals surface area (Å²) < 4.78 is 14.1. The van der Waals surface area contributed by atoms with E-state index in [9.17, 15) is 4.79 Å². The van der Waals surface area contributed by atoms with Crippen LogP contribution >= 0.6 is 12.4 Å². The number of carbonyl (C=O) groups is 1. The van der Waals surface area contributed by atoms with Crippen molar-refractivity contribution < 1.29 is 14.3 Å². The molecule has 1 aromatic rings. The zero-order valence-corrected chi connectivity index (χ0v) is 16.6. The number of hydrogen-bond donors (Lipinski definition) is 2. The van der Waals surface area contributed by atoms with Crippen molar-refractivity contribution in [2.45, 2.75) is 69.3 Å². The molecule has 7 nitrogen and oxygen atoms in total. The van der Waals surface area contributed by atoms with Gasteiger partial charge in [-0.15, -0.1) is 12.4 Å². The smallest absolute Gasteiger partial charge is 0.271 e. The molecule has 2 N–H and O–H groups in total. The maximum absolute atomic E-state index is 12.4. The molecule has 27 heavy (non-hydrogen) atoms. The molecule has 4 rings (SSSR count). The fourth-order valence-electron chi connectivity index (χ4n) is 4.27. The third-order valence-corrected chi connectivity index (χ3v) is 5.76. The summed E-state index contributed by atoms with van der Waals surface area (Å²) in [5.74, 6) is -0.542. The molecule has 3 heterocycles. The molecule has 2 atom stereocenters. The Morgan fingerprint density at radius 3 is 2.85 bits per heavy atom. The van der Waals surface area contributed by atoms with Gasteiger partial charge in [-0.2, -0.15) is 5.10 Å². The van der Waals surface area contributed by atoms with E-state index in [0.29, 0.717) is 24.9 Å². The number of nitrogens with zero attached hydrogens (tertiary/aromatic N) is 2. The first-order valence-electron chi connectivity index (χ1n) is 10.1. The first-order chi connectivity index (χ1) is 12.7. The van der Waals surface area contributed by atoms with E-state index in [-0.39, 0.29) is 24.4 Å². The van der Waals surface area contributed by atoms with Crippen molar-refractivity contribution in [3.05, 3.63) is 18.0 Å². The summed E-state index contributed by atoms with van der Waals surface area (Å²) in [6.45, 7) is 3.01. The van der Waals surface area contributed by atoms with Crippen LogP contribution in [-0.2, 0) is 9.47 Å². The van der Waals surface area contributed by atoms with Crippen LogP contribution in [0.5, 0.6) is 0 Å². The van der Waals surface area contributed by atoms with E-state index in [1.165, 1.54) is 12.8 Å². The molecular weight excluding hydrogens is 368 g/mol. The van der Waals surface area contributed by atoms with Crippen LogP contribution in [0.4, 0.5) is 0 Å². The fraction of sp³-hybridized carbons (Fsp3) is 0.789. The highest BCUT2D eigenvalue weighted by Gasteiger charge is 2.41. The predicted molar refractivity (Wildman–Crippen MR) is 104 cm³/mol. The van der Waals surface area contributed by atoms with Crippen LogP contribution in [-0.4, -0.2) is 53.8 Å². The van der Waals surface area contributed by atoms with Crippen LogP contribution in [0, 0.1) is 0 Å². The lowest BCUT2D eigenvalue weighted by Crippen LogP contribution is -2.36. The van der Waals surface area contributed by atoms with Crippen LogP contribution in [0.3, 0.4) is 0 Å². The fourth-order valence-corrected chi connectivity index (χ4v) is 4.27. The molecule has 2 aliphatic heterocycles. The van der Waals surface area contributed by atoms with E-state index < -0.39 is 5.79 Å². The average molecular weight is 399 g/mol. The number of ether oxygens (including phenoxy) is 2. The molecule has 1 aromatic heterocycles. The molecule has 8 heteroatoms. The number of carbonyl (C=O) groups excluding carboxylic acids is 1. The number of amides is 1. The average Bonchev–Trinajstić information content (AvgIpc) is 3.25. The van der Waals surface area contributed by atoms with Gasteiger partial charge in [-0.05, 0) is 38.3 Å². The first kappa shape index (κ1) is 20.6. The van der Waals surface area contributed by atoms with Gasteiger partial charge in [0.2, 0.25) is 0 Å². The van der Waals surface area contributed by atoms with E-state index in [1.807, 2.05) is 10.9 Å². The van der Waals surface area contributed by atoms with Crippen LogP contribution in [0.25, 0.3) is 0 Å². The van der Waals surface area contributed by atoms with Crippen LogP contribution in [0.2, 0.25) is 0 Å². The van der Waals surface area contributed by atoms with Crippen molar-refractivity contribution in [1.29, 1.82) is 0 Å². The Hall–Kier alpha value is -1.15. The highest BCUT2D eigenvalue weighted by atomic mass is 35.5. The quantitative estimate of drug-likeness (QED) is 0.814. The van der Waals surface area contributed by atoms with Crippen LogP contribution < -0.4 is 10.6 Å². The van der Waals surface area contributed by atoms with Gasteiger partial charge < -0.3 is 20.1 Å². The van der Waals surface area contributed by atoms with Crippen molar-refractivity contribution in [2.75, 3.05) is 26.2 Å². The Labute approximate surface area is 167 Å². The normalized spacial score (nSPS) is 27.7. The maximum atomic E-state index is 12.4. The highest BCUT2D eigenvalue weighted by Crippen LogP contribution is 2.36. The molecule has 1 aliphatic carbocycles. The Balaban J connectivity index is 0.00000210. The Kier molecular flexibility index (Phi) is 7.14. The third kappa shape index (κ3) is 5.02. The van der Waals surface area contributed by atoms with E-state index in [4.69, 9.17) is 9.47 Å².